The van der Waals surface area contributed by atoms with Crippen molar-refractivity contribution >= 4 is 52.5 Å². The van der Waals surface area contributed by atoms with Crippen molar-refractivity contribution in [2.75, 3.05) is 25.1 Å². The quantitative estimate of drug-likeness (QED) is 0.272. The molecule has 3 N–H and O–H groups in total. The number of hydrogen-bond acceptors (Lipinski definition) is 9. The van der Waals surface area contributed by atoms with Crippen molar-refractivity contribution in [1.82, 2.24) is 9.88 Å². The van der Waals surface area contributed by atoms with E-state index in [0.29, 0.717) is 23.8 Å². The maximum Gasteiger partial charge on any atom is 0.305 e. The molecular formula is C33H33N3O8S2. The zero-order valence-corrected chi connectivity index (χ0v) is 26.8. The Hall–Kier alpha value is -4.10. The van der Waals surface area contributed by atoms with E-state index in [9.17, 15) is 29.1 Å². The average Bonchev–Trinajstić information content (AvgIpc) is 3.74. The number of carbonyl (C=O) groups excluding carboxylic acids is 3. The predicted octanol–water partition coefficient (Wildman–Crippen LogP) is 4.11. The highest BCUT2D eigenvalue weighted by molar-refractivity contribution is 8.00. The highest BCUT2D eigenvalue weighted by Gasteiger charge is 2.69. The molecule has 2 aliphatic heterocycles. The minimum Gasteiger partial charge on any atom is -0.490 e. The Kier molecular flexibility index (Phi) is 7.92. The molecule has 3 aromatic rings. The van der Waals surface area contributed by atoms with Crippen LogP contribution in [-0.4, -0.2) is 63.7 Å². The van der Waals surface area contributed by atoms with E-state index in [1.165, 1.54) is 0 Å². The Labute approximate surface area is 272 Å². The first-order chi connectivity index (χ1) is 22.1. The molecule has 2 aliphatic carbocycles. The number of rotatable bonds is 10. The van der Waals surface area contributed by atoms with Gasteiger partial charge in [-0.2, -0.15) is 0 Å². The van der Waals surface area contributed by atoms with Gasteiger partial charge in [0.1, 0.15) is 0 Å². The van der Waals surface area contributed by atoms with Gasteiger partial charge < -0.3 is 24.9 Å². The van der Waals surface area contributed by atoms with E-state index in [1.807, 2.05) is 50.2 Å². The van der Waals surface area contributed by atoms with Crippen LogP contribution in [0.5, 0.6) is 11.5 Å². The topological polar surface area (TPSA) is 155 Å². The second kappa shape index (κ2) is 11.9. The molecule has 1 aromatic heterocycles. The van der Waals surface area contributed by atoms with Gasteiger partial charge in [0.05, 0.1) is 29.9 Å². The molecule has 1 saturated heterocycles. The molecule has 46 heavy (non-hydrogen) atoms. The molecule has 240 valence electrons. The first kappa shape index (κ1) is 30.5. The molecule has 0 radical (unpaired) electrons. The van der Waals surface area contributed by atoms with E-state index in [2.05, 4.69) is 10.3 Å². The summed E-state index contributed by atoms with van der Waals surface area (Å²) in [5.41, 5.74) is 2.60. The SMILES string of the molecule is CCOc1cc([C@H]2c3sc(=O)[nH]c3SC3C4CC(C5C(=O)N(CCC(=O)O)C(=O)C45)C32)ccc1OCC(=O)Nc1cccc(C)c1. The highest BCUT2D eigenvalue weighted by atomic mass is 32.2. The van der Waals surface area contributed by atoms with Crippen molar-refractivity contribution in [3.8, 4) is 11.5 Å². The van der Waals surface area contributed by atoms with Gasteiger partial charge in [-0.05, 0) is 73.4 Å². The zero-order chi connectivity index (χ0) is 32.3. The van der Waals surface area contributed by atoms with Crippen molar-refractivity contribution in [2.45, 2.75) is 42.9 Å². The standard InChI is InChI=1S/C33H33N3O8S2/c1-3-43-21-12-16(7-8-20(21)44-14-22(37)34-17-6-4-5-15(2)11-17)24-25-18-13-19(28(25)45-30-29(24)46-33(42)35-30)27-26(18)31(40)36(32(27)41)10-9-23(38)39/h4-8,11-12,18-19,24-28H,3,9-10,13-14H2,1-2H3,(H,34,37)(H,35,42)(H,38,39)/t18?,19?,24-,25?,26?,27?,28?/m1/s1. The number of amides is 3. The molecule has 4 aliphatic rings. The molecule has 2 bridgehead atoms. The summed E-state index contributed by atoms with van der Waals surface area (Å²) < 4.78 is 11.9. The number of imide groups is 1. The molecule has 7 atom stereocenters. The smallest absolute Gasteiger partial charge is 0.305 e. The Morgan fingerprint density at radius 1 is 1.04 bits per heavy atom. The van der Waals surface area contributed by atoms with Gasteiger partial charge in [-0.15, -0.1) is 11.8 Å². The minimum atomic E-state index is -1.05. The molecular weight excluding hydrogens is 631 g/mol. The lowest BCUT2D eigenvalue weighted by atomic mass is 9.68. The van der Waals surface area contributed by atoms with Crippen LogP contribution >= 0.6 is 23.1 Å². The number of ether oxygens (including phenoxy) is 2. The van der Waals surface area contributed by atoms with E-state index in [1.54, 1.807) is 17.8 Å². The van der Waals surface area contributed by atoms with Crippen molar-refractivity contribution in [1.29, 1.82) is 0 Å². The number of carboxylic acid groups (broad SMARTS) is 1. The first-order valence-corrected chi connectivity index (χ1v) is 17.1. The number of fused-ring (bicyclic) bond motifs is 9. The Morgan fingerprint density at radius 3 is 2.57 bits per heavy atom. The zero-order valence-electron chi connectivity index (χ0n) is 25.2. The number of aromatic amines is 1. The summed E-state index contributed by atoms with van der Waals surface area (Å²) in [4.78, 5) is 68.4. The second-order valence-electron chi connectivity index (χ2n) is 12.3. The molecule has 2 aromatic carbocycles. The Balaban J connectivity index is 1.18. The number of H-pyrrole nitrogens is 1. The summed E-state index contributed by atoms with van der Waals surface area (Å²) in [5.74, 6) is -2.38. The number of benzene rings is 2. The number of likely N-dealkylation sites (tertiary alicyclic amines) is 1. The lowest BCUT2D eigenvalue weighted by molar-refractivity contribution is -0.142. The third-order valence-electron chi connectivity index (χ3n) is 9.65. The van der Waals surface area contributed by atoms with Crippen molar-refractivity contribution < 1.29 is 33.8 Å². The second-order valence-corrected chi connectivity index (χ2v) is 14.5. The van der Waals surface area contributed by atoms with E-state index in [-0.39, 0.29) is 71.1 Å². The predicted molar refractivity (Wildman–Crippen MR) is 170 cm³/mol. The summed E-state index contributed by atoms with van der Waals surface area (Å²) in [6, 6.07) is 13.1. The third-order valence-corrected chi connectivity index (χ3v) is 12.2. The van der Waals surface area contributed by atoms with Crippen LogP contribution in [0.2, 0.25) is 0 Å². The average molecular weight is 664 g/mol. The summed E-state index contributed by atoms with van der Waals surface area (Å²) in [6.07, 6.45) is 0.449. The summed E-state index contributed by atoms with van der Waals surface area (Å²) in [5, 5.41) is 12.8. The first-order valence-electron chi connectivity index (χ1n) is 15.4. The number of thiazole rings is 1. The van der Waals surface area contributed by atoms with E-state index >= 15 is 0 Å². The summed E-state index contributed by atoms with van der Waals surface area (Å²) >= 11 is 2.75. The molecule has 11 nitrogen and oxygen atoms in total. The lowest BCUT2D eigenvalue weighted by Crippen LogP contribution is -2.42. The highest BCUT2D eigenvalue weighted by Crippen LogP contribution is 2.68. The van der Waals surface area contributed by atoms with Gasteiger partial charge in [0.15, 0.2) is 18.1 Å². The number of aryl methyl sites for hydroxylation is 1. The summed E-state index contributed by atoms with van der Waals surface area (Å²) in [6.45, 7) is 3.83. The van der Waals surface area contributed by atoms with Gasteiger partial charge in [-0.1, -0.05) is 29.5 Å². The van der Waals surface area contributed by atoms with Crippen molar-refractivity contribution in [3.63, 3.8) is 0 Å². The normalized spacial score (nSPS) is 27.3. The molecule has 13 heteroatoms. The fourth-order valence-corrected chi connectivity index (χ4v) is 10.9. The molecule has 0 spiro atoms. The third kappa shape index (κ3) is 5.19. The van der Waals surface area contributed by atoms with E-state index in [4.69, 9.17) is 9.47 Å². The number of carbonyl (C=O) groups is 4. The lowest BCUT2D eigenvalue weighted by Gasteiger charge is -2.43. The Morgan fingerprint density at radius 2 is 1.83 bits per heavy atom. The van der Waals surface area contributed by atoms with Crippen LogP contribution in [0.3, 0.4) is 0 Å². The number of nitrogens with one attached hydrogen (secondary N) is 2. The molecule has 3 amide bonds. The van der Waals surface area contributed by atoms with Crippen LogP contribution in [0.15, 0.2) is 52.3 Å². The molecule has 3 fully saturated rings. The van der Waals surface area contributed by atoms with Gasteiger partial charge in [0.25, 0.3) is 5.91 Å². The van der Waals surface area contributed by atoms with Gasteiger partial charge in [0.2, 0.25) is 11.8 Å². The van der Waals surface area contributed by atoms with Crippen LogP contribution in [-0.2, 0) is 19.2 Å². The molecule has 3 heterocycles. The fourth-order valence-electron chi connectivity index (χ4n) is 8.05. The number of anilines is 1. The maximum atomic E-state index is 13.6. The number of nitrogens with zero attached hydrogens (tertiary/aromatic N) is 1. The number of hydrogen-bond donors (Lipinski definition) is 3. The summed E-state index contributed by atoms with van der Waals surface area (Å²) in [7, 11) is 0. The van der Waals surface area contributed by atoms with Crippen molar-refractivity contribution in [2.24, 2.45) is 29.6 Å². The largest absolute Gasteiger partial charge is 0.490 e. The van der Waals surface area contributed by atoms with Crippen LogP contribution in [0.25, 0.3) is 0 Å². The number of thioether (sulfide) groups is 1. The number of aromatic nitrogens is 1. The minimum absolute atomic E-state index is 0.00182. The van der Waals surface area contributed by atoms with Gasteiger partial charge in [0, 0.05) is 28.3 Å². The number of aliphatic carboxylic acids is 1. The van der Waals surface area contributed by atoms with Crippen molar-refractivity contribution in [3.05, 3.63) is 68.1 Å². The van der Waals surface area contributed by atoms with Crippen LogP contribution in [0.1, 0.15) is 41.7 Å². The van der Waals surface area contributed by atoms with Crippen LogP contribution < -0.4 is 19.7 Å². The van der Waals surface area contributed by atoms with E-state index in [0.717, 1.165) is 43.7 Å². The van der Waals surface area contributed by atoms with Crippen LogP contribution in [0, 0.1) is 36.5 Å². The number of carboxylic acids is 1. The maximum absolute atomic E-state index is 13.6. The Bertz CT molecular complexity index is 1800. The molecule has 6 unspecified atom stereocenters. The van der Waals surface area contributed by atoms with Crippen LogP contribution in [0.4, 0.5) is 5.69 Å². The van der Waals surface area contributed by atoms with Gasteiger partial charge >= 0.3 is 10.8 Å². The fraction of sp³-hybridized carbons (Fsp3) is 0.424. The molecule has 2 saturated carbocycles. The molecule has 7 rings (SSSR count). The van der Waals surface area contributed by atoms with E-state index < -0.39 is 17.8 Å². The van der Waals surface area contributed by atoms with Gasteiger partial charge in [-0.25, -0.2) is 0 Å². The monoisotopic (exact) mass is 663 g/mol. The van der Waals surface area contributed by atoms with Gasteiger partial charge in [-0.3, -0.25) is 28.9 Å².